The van der Waals surface area contributed by atoms with Crippen LogP contribution < -0.4 is 4.89 Å². The van der Waals surface area contributed by atoms with E-state index in [4.69, 9.17) is 14.9 Å². The Labute approximate surface area is 64.1 Å². The molecular weight excluding hydrogens is 144 g/mol. The minimum atomic E-state index is -0.314. The van der Waals surface area contributed by atoms with Crippen molar-refractivity contribution in [1.82, 2.24) is 0 Å². The second kappa shape index (κ2) is 2.53. The zero-order valence-electron chi connectivity index (χ0n) is 5.86. The Bertz CT molecular complexity index is 259. The van der Waals surface area contributed by atoms with E-state index in [-0.39, 0.29) is 12.7 Å². The molecule has 0 aromatic heterocycles. The maximum Gasteiger partial charge on any atom is 0.171 e. The Morgan fingerprint density at radius 3 is 3.00 bits per heavy atom. The fraction of sp³-hybridized carbons (Fsp3) is 0.250. The summed E-state index contributed by atoms with van der Waals surface area (Å²) in [5.41, 5.74) is 0.912. The highest BCUT2D eigenvalue weighted by Gasteiger charge is 2.24. The van der Waals surface area contributed by atoms with Crippen molar-refractivity contribution in [3.8, 4) is 5.75 Å². The van der Waals surface area contributed by atoms with Crippen LogP contribution in [-0.4, -0.2) is 11.7 Å². The van der Waals surface area contributed by atoms with Crippen molar-refractivity contribution in [2.45, 2.75) is 6.10 Å². The predicted molar refractivity (Wildman–Crippen MR) is 38.0 cm³/mol. The number of rotatable bonds is 1. The van der Waals surface area contributed by atoms with Gasteiger partial charge in [0.25, 0.3) is 0 Å². The van der Waals surface area contributed by atoms with Crippen molar-refractivity contribution in [2.75, 3.05) is 6.61 Å². The molecule has 3 heteroatoms. The SMILES string of the molecule is OCC1OOc2ccccc21. The van der Waals surface area contributed by atoms with Crippen LogP contribution in [-0.2, 0) is 4.89 Å². The topological polar surface area (TPSA) is 38.7 Å². The van der Waals surface area contributed by atoms with Gasteiger partial charge in [-0.1, -0.05) is 18.2 Å². The van der Waals surface area contributed by atoms with E-state index in [0.717, 1.165) is 5.56 Å². The van der Waals surface area contributed by atoms with E-state index in [1.807, 2.05) is 24.3 Å². The van der Waals surface area contributed by atoms with Crippen LogP contribution in [0, 0.1) is 0 Å². The molecule has 1 aliphatic heterocycles. The van der Waals surface area contributed by atoms with Crippen molar-refractivity contribution in [1.29, 1.82) is 0 Å². The van der Waals surface area contributed by atoms with Crippen LogP contribution in [0.5, 0.6) is 5.75 Å². The molecule has 1 aromatic carbocycles. The highest BCUT2D eigenvalue weighted by molar-refractivity contribution is 5.36. The van der Waals surface area contributed by atoms with Crippen LogP contribution in [0.4, 0.5) is 0 Å². The molecule has 1 heterocycles. The fourth-order valence-electron chi connectivity index (χ4n) is 1.11. The van der Waals surface area contributed by atoms with Gasteiger partial charge in [0.2, 0.25) is 0 Å². The number of hydrogen-bond acceptors (Lipinski definition) is 3. The lowest BCUT2D eigenvalue weighted by molar-refractivity contribution is -0.231. The molecule has 0 bridgehead atoms. The zero-order valence-corrected chi connectivity index (χ0v) is 5.86. The molecule has 0 aliphatic carbocycles. The molecule has 0 spiro atoms. The Morgan fingerprint density at radius 2 is 2.18 bits per heavy atom. The van der Waals surface area contributed by atoms with E-state index in [2.05, 4.69) is 0 Å². The third-order valence-electron chi connectivity index (χ3n) is 1.69. The molecule has 0 saturated heterocycles. The molecule has 2 rings (SSSR count). The first-order valence-electron chi connectivity index (χ1n) is 3.45. The van der Waals surface area contributed by atoms with Gasteiger partial charge in [0.05, 0.1) is 6.61 Å². The molecular formula is C8H8O3. The maximum absolute atomic E-state index is 8.81. The van der Waals surface area contributed by atoms with Gasteiger partial charge in [-0.3, -0.25) is 0 Å². The van der Waals surface area contributed by atoms with E-state index < -0.39 is 0 Å². The van der Waals surface area contributed by atoms with Crippen molar-refractivity contribution >= 4 is 0 Å². The molecule has 58 valence electrons. The lowest BCUT2D eigenvalue weighted by Crippen LogP contribution is -2.01. The van der Waals surface area contributed by atoms with Crippen molar-refractivity contribution < 1.29 is 14.9 Å². The lowest BCUT2D eigenvalue weighted by Gasteiger charge is -1.99. The van der Waals surface area contributed by atoms with Crippen molar-refractivity contribution in [3.05, 3.63) is 29.8 Å². The number of fused-ring (bicyclic) bond motifs is 1. The van der Waals surface area contributed by atoms with E-state index in [1.165, 1.54) is 0 Å². The number of aliphatic hydroxyl groups is 1. The second-order valence-corrected chi connectivity index (χ2v) is 2.39. The Hall–Kier alpha value is -1.06. The average Bonchev–Trinajstić information content (AvgIpc) is 2.47. The number of para-hydroxylation sites is 1. The van der Waals surface area contributed by atoms with Gasteiger partial charge in [0.1, 0.15) is 0 Å². The summed E-state index contributed by atoms with van der Waals surface area (Å²) in [4.78, 5) is 9.66. The molecule has 0 saturated carbocycles. The zero-order chi connectivity index (χ0) is 7.68. The summed E-state index contributed by atoms with van der Waals surface area (Å²) in [5.74, 6) is 0.701. The first kappa shape index (κ1) is 6.64. The number of hydrogen-bond donors (Lipinski definition) is 1. The molecule has 3 nitrogen and oxygen atoms in total. The van der Waals surface area contributed by atoms with Crippen LogP contribution in [0.2, 0.25) is 0 Å². The third-order valence-corrected chi connectivity index (χ3v) is 1.69. The Balaban J connectivity index is 2.39. The first-order valence-corrected chi connectivity index (χ1v) is 3.45. The summed E-state index contributed by atoms with van der Waals surface area (Å²) in [6, 6.07) is 7.44. The van der Waals surface area contributed by atoms with Gasteiger partial charge in [-0.15, -0.1) is 0 Å². The summed E-state index contributed by atoms with van der Waals surface area (Å²) in [7, 11) is 0. The van der Waals surface area contributed by atoms with E-state index in [0.29, 0.717) is 5.75 Å². The minimum absolute atomic E-state index is 0.0446. The summed E-state index contributed by atoms with van der Waals surface area (Å²) in [6.07, 6.45) is -0.314. The molecule has 1 unspecified atom stereocenters. The second-order valence-electron chi connectivity index (χ2n) is 2.39. The van der Waals surface area contributed by atoms with Crippen LogP contribution >= 0.6 is 0 Å². The van der Waals surface area contributed by atoms with Crippen LogP contribution in [0.25, 0.3) is 0 Å². The normalized spacial score (nSPS) is 21.0. The highest BCUT2D eigenvalue weighted by Crippen LogP contribution is 2.33. The van der Waals surface area contributed by atoms with Gasteiger partial charge in [0, 0.05) is 5.56 Å². The van der Waals surface area contributed by atoms with Gasteiger partial charge in [-0.2, -0.15) is 4.89 Å². The third kappa shape index (κ3) is 0.982. The fourth-order valence-corrected chi connectivity index (χ4v) is 1.11. The molecule has 1 N–H and O–H groups in total. The van der Waals surface area contributed by atoms with Crippen LogP contribution in [0.3, 0.4) is 0 Å². The van der Waals surface area contributed by atoms with Crippen molar-refractivity contribution in [2.24, 2.45) is 0 Å². The Kier molecular flexibility index (Phi) is 1.52. The molecule has 0 radical (unpaired) electrons. The van der Waals surface area contributed by atoms with Gasteiger partial charge in [-0.25, -0.2) is 0 Å². The van der Waals surface area contributed by atoms with E-state index in [9.17, 15) is 0 Å². The van der Waals surface area contributed by atoms with E-state index >= 15 is 0 Å². The minimum Gasteiger partial charge on any atom is -0.393 e. The molecule has 1 atom stereocenters. The molecule has 0 amide bonds. The van der Waals surface area contributed by atoms with Crippen LogP contribution in [0.15, 0.2) is 24.3 Å². The summed E-state index contributed by atoms with van der Waals surface area (Å²) in [6.45, 7) is -0.0446. The molecule has 1 aliphatic rings. The number of benzene rings is 1. The van der Waals surface area contributed by atoms with Gasteiger partial charge >= 0.3 is 0 Å². The predicted octanol–water partition coefficient (Wildman–Crippen LogP) is 1.04. The molecule has 1 aromatic rings. The van der Waals surface area contributed by atoms with Crippen LogP contribution in [0.1, 0.15) is 11.7 Å². The lowest BCUT2D eigenvalue weighted by atomic mass is 10.1. The van der Waals surface area contributed by atoms with E-state index in [1.54, 1.807) is 0 Å². The van der Waals surface area contributed by atoms with Gasteiger partial charge in [0.15, 0.2) is 11.9 Å². The molecule has 11 heavy (non-hydrogen) atoms. The highest BCUT2D eigenvalue weighted by atomic mass is 17.2. The van der Waals surface area contributed by atoms with Gasteiger partial charge in [-0.05, 0) is 6.07 Å². The largest absolute Gasteiger partial charge is 0.393 e. The van der Waals surface area contributed by atoms with Gasteiger partial charge < -0.3 is 9.99 Å². The standard InChI is InChI=1S/C8H8O3/c9-5-8-6-3-1-2-4-7(6)10-11-8/h1-4,8-9H,5H2. The maximum atomic E-state index is 8.81. The summed E-state index contributed by atoms with van der Waals surface area (Å²) in [5, 5.41) is 8.81. The number of aliphatic hydroxyl groups excluding tert-OH is 1. The first-order chi connectivity index (χ1) is 5.42. The molecule has 0 fully saturated rings. The van der Waals surface area contributed by atoms with Crippen molar-refractivity contribution in [3.63, 3.8) is 0 Å². The summed E-state index contributed by atoms with van der Waals surface area (Å²) < 4.78 is 0. The Morgan fingerprint density at radius 1 is 1.36 bits per heavy atom. The quantitative estimate of drug-likeness (QED) is 0.611. The summed E-state index contributed by atoms with van der Waals surface area (Å²) >= 11 is 0. The monoisotopic (exact) mass is 152 g/mol. The smallest absolute Gasteiger partial charge is 0.171 e. The average molecular weight is 152 g/mol.